The van der Waals surface area contributed by atoms with Crippen molar-refractivity contribution in [3.8, 4) is 44.5 Å². The largest absolute Gasteiger partial charge is 0.310 e. The van der Waals surface area contributed by atoms with E-state index in [0.717, 1.165) is 37.1 Å². The Hall–Kier alpha value is -6.44. The second-order valence-corrected chi connectivity index (χ2v) is 15.7. The first kappa shape index (κ1) is 32.0. The van der Waals surface area contributed by atoms with Crippen molar-refractivity contribution < 1.29 is 0 Å². The molecular formula is C54H41N. The lowest BCUT2D eigenvalue weighted by Crippen LogP contribution is -2.39. The summed E-state index contributed by atoms with van der Waals surface area (Å²) in [5.74, 6) is 0. The number of nitrogens with zero attached hydrogens (tertiary/aromatic N) is 1. The van der Waals surface area contributed by atoms with E-state index in [-0.39, 0.29) is 10.8 Å². The van der Waals surface area contributed by atoms with Gasteiger partial charge < -0.3 is 4.90 Å². The second kappa shape index (κ2) is 12.6. The molecule has 0 radical (unpaired) electrons. The van der Waals surface area contributed by atoms with Crippen molar-refractivity contribution in [3.63, 3.8) is 0 Å². The van der Waals surface area contributed by atoms with Crippen LogP contribution in [0.1, 0.15) is 47.9 Å². The van der Waals surface area contributed by atoms with Gasteiger partial charge in [-0.1, -0.05) is 164 Å². The van der Waals surface area contributed by atoms with Gasteiger partial charge in [-0.2, -0.15) is 0 Å². The van der Waals surface area contributed by atoms with E-state index < -0.39 is 0 Å². The topological polar surface area (TPSA) is 3.24 Å². The Labute approximate surface area is 324 Å². The first-order valence-corrected chi connectivity index (χ1v) is 19.8. The Balaban J connectivity index is 1.05. The smallest absolute Gasteiger partial charge is 0.0467 e. The summed E-state index contributed by atoms with van der Waals surface area (Å²) in [6, 6.07) is 74.5. The number of anilines is 3. The maximum absolute atomic E-state index is 2.55. The minimum Gasteiger partial charge on any atom is -0.310 e. The maximum Gasteiger partial charge on any atom is 0.0467 e. The molecule has 1 fully saturated rings. The van der Waals surface area contributed by atoms with Crippen molar-refractivity contribution in [2.45, 2.75) is 36.5 Å². The molecule has 8 aromatic carbocycles. The fourth-order valence-electron chi connectivity index (χ4n) is 10.5. The molecule has 262 valence electrons. The van der Waals surface area contributed by atoms with Crippen molar-refractivity contribution in [1.82, 2.24) is 0 Å². The van der Waals surface area contributed by atoms with Crippen molar-refractivity contribution in [1.29, 1.82) is 0 Å². The summed E-state index contributed by atoms with van der Waals surface area (Å²) in [6.45, 7) is 0. The van der Waals surface area contributed by atoms with Gasteiger partial charge in [0.05, 0.1) is 0 Å². The maximum atomic E-state index is 2.55. The molecule has 11 rings (SSSR count). The highest BCUT2D eigenvalue weighted by Crippen LogP contribution is 2.64. The van der Waals surface area contributed by atoms with Gasteiger partial charge in [0.25, 0.3) is 0 Å². The molecule has 1 heteroatoms. The van der Waals surface area contributed by atoms with E-state index >= 15 is 0 Å². The first-order chi connectivity index (χ1) is 27.2. The second-order valence-electron chi connectivity index (χ2n) is 15.7. The molecule has 0 bridgehead atoms. The Morgan fingerprint density at radius 2 is 0.673 bits per heavy atom. The monoisotopic (exact) mass is 703 g/mol. The molecular weight excluding hydrogens is 663 g/mol. The van der Waals surface area contributed by atoms with Crippen LogP contribution in [0, 0.1) is 0 Å². The molecule has 3 aliphatic carbocycles. The Kier molecular flexibility index (Phi) is 7.32. The molecule has 0 aromatic heterocycles. The van der Waals surface area contributed by atoms with Crippen LogP contribution in [0.2, 0.25) is 0 Å². The van der Waals surface area contributed by atoms with Gasteiger partial charge in [-0.3, -0.25) is 0 Å². The fourth-order valence-corrected chi connectivity index (χ4v) is 10.5. The number of benzene rings is 8. The molecule has 0 heterocycles. The van der Waals surface area contributed by atoms with Crippen LogP contribution < -0.4 is 4.90 Å². The molecule has 8 aromatic rings. The molecule has 1 saturated carbocycles. The lowest BCUT2D eigenvalue weighted by Gasteiger charge is -2.45. The predicted molar refractivity (Wildman–Crippen MR) is 229 cm³/mol. The van der Waals surface area contributed by atoms with Gasteiger partial charge in [-0.05, 0) is 129 Å². The zero-order chi connectivity index (χ0) is 36.4. The van der Waals surface area contributed by atoms with Gasteiger partial charge in [0.1, 0.15) is 0 Å². The van der Waals surface area contributed by atoms with Crippen molar-refractivity contribution in [3.05, 3.63) is 222 Å². The first-order valence-electron chi connectivity index (χ1n) is 19.8. The normalized spacial score (nSPS) is 15.3. The van der Waals surface area contributed by atoms with Gasteiger partial charge in [0.15, 0.2) is 0 Å². The highest BCUT2D eigenvalue weighted by molar-refractivity contribution is 5.88. The number of hydrogen-bond acceptors (Lipinski definition) is 1. The zero-order valence-corrected chi connectivity index (χ0v) is 30.8. The molecule has 2 spiro atoms. The molecule has 0 N–H and O–H groups in total. The summed E-state index contributed by atoms with van der Waals surface area (Å²) >= 11 is 0. The van der Waals surface area contributed by atoms with Gasteiger partial charge >= 0.3 is 0 Å². The third-order valence-electron chi connectivity index (χ3n) is 13.1. The van der Waals surface area contributed by atoms with Crippen LogP contribution in [0.3, 0.4) is 0 Å². The number of hydrogen-bond donors (Lipinski definition) is 0. The molecule has 55 heavy (non-hydrogen) atoms. The lowest BCUT2D eigenvalue weighted by atomic mass is 9.57. The highest BCUT2D eigenvalue weighted by atomic mass is 15.1. The average molecular weight is 704 g/mol. The van der Waals surface area contributed by atoms with E-state index in [0.29, 0.717) is 0 Å². The van der Waals surface area contributed by atoms with Gasteiger partial charge in [0.2, 0.25) is 0 Å². The van der Waals surface area contributed by atoms with Crippen molar-refractivity contribution in [2.24, 2.45) is 0 Å². The third kappa shape index (κ3) is 4.93. The lowest BCUT2D eigenvalue weighted by molar-refractivity contribution is 0.265. The summed E-state index contributed by atoms with van der Waals surface area (Å²) in [6.07, 6.45) is 4.47. The van der Waals surface area contributed by atoms with E-state index in [1.807, 2.05) is 0 Å². The summed E-state index contributed by atoms with van der Waals surface area (Å²) in [5, 5.41) is 0. The minimum atomic E-state index is -0.0472. The Bertz CT molecular complexity index is 2650. The van der Waals surface area contributed by atoms with E-state index in [4.69, 9.17) is 0 Å². The standard InChI is InChI=1S/C54H41N/c1-3-14-38(15-4-1)40-26-28-42(29-27-40)55(43-19-13-18-41(36-43)39-16-5-2-6-17-39)44-30-31-48-47-22-9-12-25-51(47)54(52(48)37-44)34-32-53(33-35-54)49-23-10-7-20-45(49)46-21-8-11-24-50(46)53/h1-31,36-37H,32-35H2. The van der Waals surface area contributed by atoms with Gasteiger partial charge in [-0.25, -0.2) is 0 Å². The molecule has 0 unspecified atom stereocenters. The van der Waals surface area contributed by atoms with E-state index in [1.165, 1.54) is 72.4 Å². The van der Waals surface area contributed by atoms with Crippen molar-refractivity contribution >= 4 is 17.1 Å². The zero-order valence-electron chi connectivity index (χ0n) is 30.8. The van der Waals surface area contributed by atoms with E-state index in [9.17, 15) is 0 Å². The van der Waals surface area contributed by atoms with Crippen LogP contribution in [-0.2, 0) is 10.8 Å². The van der Waals surface area contributed by atoms with E-state index in [2.05, 4.69) is 205 Å². The summed E-state index contributed by atoms with van der Waals surface area (Å²) in [7, 11) is 0. The molecule has 0 atom stereocenters. The van der Waals surface area contributed by atoms with Gasteiger partial charge in [0, 0.05) is 27.9 Å². The predicted octanol–water partition coefficient (Wildman–Crippen LogP) is 14.3. The van der Waals surface area contributed by atoms with Crippen LogP contribution >= 0.6 is 0 Å². The quantitative estimate of drug-likeness (QED) is 0.172. The average Bonchev–Trinajstić information content (AvgIpc) is 3.69. The molecule has 1 nitrogen and oxygen atoms in total. The van der Waals surface area contributed by atoms with Gasteiger partial charge in [-0.15, -0.1) is 0 Å². The summed E-state index contributed by atoms with van der Waals surface area (Å²) in [4.78, 5) is 2.46. The Morgan fingerprint density at radius 1 is 0.273 bits per heavy atom. The Morgan fingerprint density at radius 3 is 1.24 bits per heavy atom. The minimum absolute atomic E-state index is 0.0472. The molecule has 0 amide bonds. The summed E-state index contributed by atoms with van der Waals surface area (Å²) in [5.41, 5.74) is 20.0. The highest BCUT2D eigenvalue weighted by Gasteiger charge is 2.53. The SMILES string of the molecule is c1ccc(-c2ccc(N(c3cccc(-c4ccccc4)c3)c3ccc4c(c3)C3(CCC5(CC3)c3ccccc3-c3ccccc35)c3ccccc3-4)cc2)cc1. The van der Waals surface area contributed by atoms with Crippen LogP contribution in [0.25, 0.3) is 44.5 Å². The third-order valence-corrected chi connectivity index (χ3v) is 13.1. The van der Waals surface area contributed by atoms with Crippen LogP contribution in [0.5, 0.6) is 0 Å². The molecule has 3 aliphatic rings. The van der Waals surface area contributed by atoms with Crippen molar-refractivity contribution in [2.75, 3.05) is 4.90 Å². The van der Waals surface area contributed by atoms with Crippen LogP contribution in [0.15, 0.2) is 200 Å². The fraction of sp³-hybridized carbons (Fsp3) is 0.111. The van der Waals surface area contributed by atoms with Crippen LogP contribution in [0.4, 0.5) is 17.1 Å². The summed E-state index contributed by atoms with van der Waals surface area (Å²) < 4.78 is 0. The molecule has 0 saturated heterocycles. The number of rotatable bonds is 5. The number of fused-ring (bicyclic) bond motifs is 10. The van der Waals surface area contributed by atoms with Crippen LogP contribution in [-0.4, -0.2) is 0 Å². The van der Waals surface area contributed by atoms with E-state index in [1.54, 1.807) is 0 Å². The molecule has 0 aliphatic heterocycles.